The molecule has 1 heterocycles. The first kappa shape index (κ1) is 13.9. The van der Waals surface area contributed by atoms with Crippen LogP contribution in [-0.2, 0) is 16.1 Å². The Kier molecular flexibility index (Phi) is 4.11. The van der Waals surface area contributed by atoms with Gasteiger partial charge in [0.2, 0.25) is 0 Å². The first-order valence-corrected chi connectivity index (χ1v) is 5.95. The number of halogens is 2. The van der Waals surface area contributed by atoms with E-state index < -0.39 is 31.1 Å². The van der Waals surface area contributed by atoms with E-state index in [1.165, 1.54) is 0 Å². The lowest BCUT2D eigenvalue weighted by Gasteiger charge is -2.16. The summed E-state index contributed by atoms with van der Waals surface area (Å²) in [5, 5.41) is 8.46. The molecule has 0 saturated carbocycles. The predicted octanol–water partition coefficient (Wildman–Crippen LogP) is 1.61. The topological polar surface area (TPSA) is 49.8 Å². The molecule has 1 aromatic carbocycles. The molecule has 0 radical (unpaired) electrons. The van der Waals surface area contributed by atoms with E-state index in [1.807, 2.05) is 30.3 Å². The third-order valence-corrected chi connectivity index (χ3v) is 2.99. The van der Waals surface area contributed by atoms with Gasteiger partial charge in [0.15, 0.2) is 0 Å². The first-order valence-electron chi connectivity index (χ1n) is 5.95. The average molecular weight is 271 g/mol. The van der Waals surface area contributed by atoms with Crippen molar-refractivity contribution in [2.75, 3.05) is 19.7 Å². The number of hydrogen-bond acceptors (Lipinski definition) is 3. The highest BCUT2D eigenvalue weighted by Gasteiger charge is 2.48. The zero-order valence-electron chi connectivity index (χ0n) is 10.3. The van der Waals surface area contributed by atoms with E-state index in [1.54, 1.807) is 4.90 Å². The standard InChI is InChI=1S/C13H15F2NO3/c14-13(15)9-16(6-10-4-2-1-3-5-10)7-11(13)19-8-12(17)18/h1-5,11H,6-9H2,(H,17,18). The molecule has 0 amide bonds. The fraction of sp³-hybridized carbons (Fsp3) is 0.462. The number of aliphatic carboxylic acids is 1. The lowest BCUT2D eigenvalue weighted by atomic mass is 10.2. The Morgan fingerprint density at radius 1 is 1.42 bits per heavy atom. The van der Waals surface area contributed by atoms with Gasteiger partial charge in [0.1, 0.15) is 12.7 Å². The van der Waals surface area contributed by atoms with E-state index in [-0.39, 0.29) is 6.54 Å². The molecule has 1 aliphatic rings. The summed E-state index contributed by atoms with van der Waals surface area (Å²) >= 11 is 0. The van der Waals surface area contributed by atoms with Crippen molar-refractivity contribution in [3.8, 4) is 0 Å². The number of ether oxygens (including phenoxy) is 1. The number of carboxylic acids is 1. The Bertz CT molecular complexity index is 439. The highest BCUT2D eigenvalue weighted by Crippen LogP contribution is 2.30. The Morgan fingerprint density at radius 3 is 2.74 bits per heavy atom. The van der Waals surface area contributed by atoms with Crippen LogP contribution in [0.4, 0.5) is 8.78 Å². The fourth-order valence-corrected chi connectivity index (χ4v) is 2.14. The van der Waals surface area contributed by atoms with E-state index in [0.29, 0.717) is 6.54 Å². The van der Waals surface area contributed by atoms with E-state index in [9.17, 15) is 13.6 Å². The second kappa shape index (κ2) is 5.63. The number of nitrogens with zero attached hydrogens (tertiary/aromatic N) is 1. The van der Waals surface area contributed by atoms with Gasteiger partial charge in [-0.25, -0.2) is 13.6 Å². The van der Waals surface area contributed by atoms with Crippen LogP contribution in [0.3, 0.4) is 0 Å². The lowest BCUT2D eigenvalue weighted by molar-refractivity contribution is -0.152. The van der Waals surface area contributed by atoms with Gasteiger partial charge in [-0.1, -0.05) is 30.3 Å². The number of hydrogen-bond donors (Lipinski definition) is 1. The molecule has 0 aromatic heterocycles. The van der Waals surface area contributed by atoms with Crippen LogP contribution in [0.1, 0.15) is 5.56 Å². The summed E-state index contributed by atoms with van der Waals surface area (Å²) in [5.74, 6) is -4.25. The number of benzene rings is 1. The van der Waals surface area contributed by atoms with E-state index in [0.717, 1.165) is 5.56 Å². The minimum absolute atomic E-state index is 0.0369. The number of carboxylic acid groups (broad SMARTS) is 1. The minimum atomic E-state index is -3.01. The van der Waals surface area contributed by atoms with Gasteiger partial charge in [-0.3, -0.25) is 4.90 Å². The molecular weight excluding hydrogens is 256 g/mol. The molecule has 2 rings (SSSR count). The molecule has 1 aliphatic heterocycles. The summed E-state index contributed by atoms with van der Waals surface area (Å²) < 4.78 is 32.1. The van der Waals surface area contributed by atoms with Crippen molar-refractivity contribution in [2.45, 2.75) is 18.6 Å². The van der Waals surface area contributed by atoms with Crippen LogP contribution in [0.15, 0.2) is 30.3 Å². The van der Waals surface area contributed by atoms with Crippen LogP contribution >= 0.6 is 0 Å². The van der Waals surface area contributed by atoms with Crippen molar-refractivity contribution in [1.82, 2.24) is 4.90 Å². The summed E-state index contributed by atoms with van der Waals surface area (Å²) in [7, 11) is 0. The molecule has 1 unspecified atom stereocenters. The summed E-state index contributed by atoms with van der Waals surface area (Å²) in [6, 6.07) is 9.29. The quantitative estimate of drug-likeness (QED) is 0.884. The third-order valence-electron chi connectivity index (χ3n) is 2.99. The average Bonchev–Trinajstić information content (AvgIpc) is 2.62. The summed E-state index contributed by atoms with van der Waals surface area (Å²) in [4.78, 5) is 11.9. The highest BCUT2D eigenvalue weighted by atomic mass is 19.3. The van der Waals surface area contributed by atoms with Crippen molar-refractivity contribution in [3.05, 3.63) is 35.9 Å². The molecule has 0 spiro atoms. The summed E-state index contributed by atoms with van der Waals surface area (Å²) in [6.45, 7) is -0.663. The van der Waals surface area contributed by atoms with Gasteiger partial charge in [0, 0.05) is 13.1 Å². The van der Waals surface area contributed by atoms with Gasteiger partial charge in [-0.15, -0.1) is 0 Å². The maximum Gasteiger partial charge on any atom is 0.329 e. The van der Waals surface area contributed by atoms with Crippen LogP contribution in [0.25, 0.3) is 0 Å². The van der Waals surface area contributed by atoms with Gasteiger partial charge >= 0.3 is 5.97 Å². The van der Waals surface area contributed by atoms with Crippen molar-refractivity contribution >= 4 is 5.97 Å². The van der Waals surface area contributed by atoms with Crippen molar-refractivity contribution in [3.63, 3.8) is 0 Å². The molecule has 104 valence electrons. The van der Waals surface area contributed by atoms with Crippen LogP contribution in [0.5, 0.6) is 0 Å². The minimum Gasteiger partial charge on any atom is -0.480 e. The van der Waals surface area contributed by atoms with Crippen molar-refractivity contribution in [1.29, 1.82) is 0 Å². The second-order valence-corrected chi connectivity index (χ2v) is 4.61. The van der Waals surface area contributed by atoms with Gasteiger partial charge in [-0.2, -0.15) is 0 Å². The largest absolute Gasteiger partial charge is 0.480 e. The normalized spacial score (nSPS) is 22.5. The summed E-state index contributed by atoms with van der Waals surface area (Å²) in [5.41, 5.74) is 0.942. The van der Waals surface area contributed by atoms with Crippen LogP contribution in [-0.4, -0.2) is 47.7 Å². The molecule has 6 heteroatoms. The van der Waals surface area contributed by atoms with Gasteiger partial charge in [0.25, 0.3) is 5.92 Å². The van der Waals surface area contributed by atoms with Gasteiger partial charge < -0.3 is 9.84 Å². The van der Waals surface area contributed by atoms with Gasteiger partial charge in [-0.05, 0) is 5.56 Å². The van der Waals surface area contributed by atoms with Crippen molar-refractivity contribution < 1.29 is 23.4 Å². The monoisotopic (exact) mass is 271 g/mol. The maximum atomic E-state index is 13.7. The fourth-order valence-electron chi connectivity index (χ4n) is 2.14. The van der Waals surface area contributed by atoms with E-state index >= 15 is 0 Å². The number of alkyl halides is 2. The van der Waals surface area contributed by atoms with Crippen LogP contribution < -0.4 is 0 Å². The molecule has 1 N–H and O–H groups in total. The zero-order chi connectivity index (χ0) is 13.9. The third kappa shape index (κ3) is 3.71. The lowest BCUT2D eigenvalue weighted by Crippen LogP contribution is -2.35. The van der Waals surface area contributed by atoms with Crippen molar-refractivity contribution in [2.24, 2.45) is 0 Å². The maximum absolute atomic E-state index is 13.7. The zero-order valence-corrected chi connectivity index (χ0v) is 10.3. The van der Waals surface area contributed by atoms with E-state index in [4.69, 9.17) is 9.84 Å². The molecule has 1 saturated heterocycles. The SMILES string of the molecule is O=C(O)COC1CN(Cc2ccccc2)CC1(F)F. The predicted molar refractivity (Wildman–Crippen MR) is 64.0 cm³/mol. The molecule has 1 fully saturated rings. The molecule has 0 aliphatic carbocycles. The van der Waals surface area contributed by atoms with Crippen LogP contribution in [0, 0.1) is 0 Å². The van der Waals surface area contributed by atoms with Gasteiger partial charge in [0.05, 0.1) is 6.54 Å². The molecule has 19 heavy (non-hydrogen) atoms. The smallest absolute Gasteiger partial charge is 0.329 e. The molecule has 0 bridgehead atoms. The number of carbonyl (C=O) groups is 1. The Hall–Kier alpha value is -1.53. The Morgan fingerprint density at radius 2 is 2.11 bits per heavy atom. The number of rotatable bonds is 5. The van der Waals surface area contributed by atoms with Crippen LogP contribution in [0.2, 0.25) is 0 Å². The molecule has 1 aromatic rings. The Labute approximate surface area is 109 Å². The second-order valence-electron chi connectivity index (χ2n) is 4.61. The molecule has 4 nitrogen and oxygen atoms in total. The highest BCUT2D eigenvalue weighted by molar-refractivity contribution is 5.68. The molecular formula is C13H15F2NO3. The first-order chi connectivity index (χ1) is 8.97. The Balaban J connectivity index is 1.93. The molecule has 1 atom stereocenters. The van der Waals surface area contributed by atoms with E-state index in [2.05, 4.69) is 0 Å². The number of likely N-dealkylation sites (tertiary alicyclic amines) is 1. The summed E-state index contributed by atoms with van der Waals surface area (Å²) in [6.07, 6.45) is -1.35.